The third-order valence-corrected chi connectivity index (χ3v) is 9.66. The van der Waals surface area contributed by atoms with Crippen LogP contribution in [0.3, 0.4) is 0 Å². The van der Waals surface area contributed by atoms with Crippen molar-refractivity contribution in [2.45, 2.75) is 35.2 Å². The number of aromatic amines is 1. The molecule has 2 heterocycles. The van der Waals surface area contributed by atoms with Crippen molar-refractivity contribution >= 4 is 48.6 Å². The van der Waals surface area contributed by atoms with Gasteiger partial charge in [-0.05, 0) is 54.4 Å². The summed E-state index contributed by atoms with van der Waals surface area (Å²) in [5, 5.41) is -1.13. The van der Waals surface area contributed by atoms with Crippen LogP contribution in [0.1, 0.15) is 40.2 Å². The largest absolute Gasteiger partial charge is 1.00 e. The monoisotopic (exact) mass is 652 g/mol. The smallest absolute Gasteiger partial charge is 0.545 e. The van der Waals surface area contributed by atoms with E-state index in [1.165, 1.54) is 12.1 Å². The second-order valence-electron chi connectivity index (χ2n) is 9.24. The average Bonchev–Trinajstić information content (AvgIpc) is 3.41. The van der Waals surface area contributed by atoms with E-state index in [1.807, 2.05) is 0 Å². The molecule has 4 aromatic rings. The molecule has 2 N–H and O–H groups in total. The fraction of sp³-hybridized carbons (Fsp3) is 0.200. The first-order valence-electron chi connectivity index (χ1n) is 11.8. The van der Waals surface area contributed by atoms with Crippen LogP contribution < -0.4 is 34.3 Å². The van der Waals surface area contributed by atoms with Crippen molar-refractivity contribution in [3.63, 3.8) is 0 Å². The molecule has 1 aliphatic rings. The number of sulfonamides is 2. The van der Waals surface area contributed by atoms with Crippen molar-refractivity contribution in [2.75, 3.05) is 0 Å². The summed E-state index contributed by atoms with van der Waals surface area (Å²) < 4.78 is 111. The maximum absolute atomic E-state index is 15.1. The maximum atomic E-state index is 15.1. The number of aromatic nitrogens is 2. The van der Waals surface area contributed by atoms with Gasteiger partial charge in [0.15, 0.2) is 0 Å². The fourth-order valence-corrected chi connectivity index (χ4v) is 7.20. The van der Waals surface area contributed by atoms with Crippen LogP contribution in [0, 0.1) is 5.82 Å². The number of benzene rings is 3. The second kappa shape index (κ2) is 11.9. The average molecular weight is 653 g/mol. The second-order valence-corrected chi connectivity index (χ2v) is 13.2. The molecule has 0 radical (unpaired) electrons. The molecule has 1 amide bonds. The standard InChI is InChI=1S/C25H19ClF4N4O5S2.Na/c26-15-5-7-19-20(11-15)32-24(31-19)21(33-40(36,37)16-3-1-2-14(10-16)25(28,29)30)9-13-4-6-17(18(27)8-13)22-12-23(35)34-41(22,38)39;/h1-8,10-11,21-22,33H,9,12H2,(H2,31,32,34,35);/q;+1/p-1/t21-,22?;/m0./s1. The van der Waals surface area contributed by atoms with Gasteiger partial charge in [0.1, 0.15) is 21.7 Å². The number of rotatable bonds is 7. The van der Waals surface area contributed by atoms with Crippen LogP contribution in [0.2, 0.25) is 5.02 Å². The molecule has 9 nitrogen and oxygen atoms in total. The molecule has 0 bridgehead atoms. The molecule has 1 unspecified atom stereocenters. The number of carbonyl (C=O) groups excluding carboxylic acids is 1. The Labute approximate surface area is 264 Å². The summed E-state index contributed by atoms with van der Waals surface area (Å²) >= 11 is 6.03. The van der Waals surface area contributed by atoms with E-state index in [9.17, 15) is 34.8 Å². The van der Waals surface area contributed by atoms with E-state index < -0.39 is 66.1 Å². The maximum Gasteiger partial charge on any atom is 1.00 e. The van der Waals surface area contributed by atoms with E-state index in [0.29, 0.717) is 22.1 Å². The van der Waals surface area contributed by atoms with Crippen molar-refractivity contribution in [1.29, 1.82) is 0 Å². The topological polar surface area (TPSA) is 140 Å². The number of hydrogen-bond donors (Lipinski definition) is 2. The first-order valence-corrected chi connectivity index (χ1v) is 15.1. The Balaban J connectivity index is 0.00000405. The molecule has 1 aromatic heterocycles. The molecule has 42 heavy (non-hydrogen) atoms. The predicted molar refractivity (Wildman–Crippen MR) is 140 cm³/mol. The van der Waals surface area contributed by atoms with E-state index >= 15 is 4.39 Å². The molecule has 1 aliphatic heterocycles. The minimum atomic E-state index is -4.78. The molecule has 216 valence electrons. The molecule has 5 rings (SSSR count). The molecule has 1 fully saturated rings. The van der Waals surface area contributed by atoms with Crippen LogP contribution in [-0.4, -0.2) is 32.7 Å². The Kier molecular flexibility index (Phi) is 9.15. The van der Waals surface area contributed by atoms with Gasteiger partial charge in [-0.25, -0.2) is 30.9 Å². The number of nitrogens with zero attached hydrogens (tertiary/aromatic N) is 2. The molecule has 17 heteroatoms. The third-order valence-electron chi connectivity index (χ3n) is 6.36. The molecular weight excluding hydrogens is 635 g/mol. The van der Waals surface area contributed by atoms with Gasteiger partial charge in [0.25, 0.3) is 0 Å². The number of fused-ring (bicyclic) bond motifs is 1. The van der Waals surface area contributed by atoms with Crippen LogP contribution in [0.25, 0.3) is 15.8 Å². The van der Waals surface area contributed by atoms with E-state index in [1.54, 1.807) is 12.1 Å². The Morgan fingerprint density at radius 1 is 1.12 bits per heavy atom. The number of amides is 1. The number of nitrogens with one attached hydrogen (secondary N) is 2. The number of hydrogen-bond acceptors (Lipinski definition) is 6. The first kappa shape index (κ1) is 32.4. The number of halogens is 5. The molecule has 0 saturated carbocycles. The summed E-state index contributed by atoms with van der Waals surface area (Å²) in [5.41, 5.74) is -0.394. The van der Waals surface area contributed by atoms with Gasteiger partial charge >= 0.3 is 35.7 Å². The number of alkyl halides is 3. The van der Waals surface area contributed by atoms with Gasteiger partial charge in [0.2, 0.25) is 10.0 Å². The summed E-state index contributed by atoms with van der Waals surface area (Å²) in [6.45, 7) is 0. The van der Waals surface area contributed by atoms with Gasteiger partial charge in [-0.1, -0.05) is 29.8 Å². The Morgan fingerprint density at radius 3 is 2.50 bits per heavy atom. The van der Waals surface area contributed by atoms with E-state index in [0.717, 1.165) is 30.3 Å². The molecule has 0 spiro atoms. The number of imidazole rings is 1. The number of H-pyrrole nitrogens is 1. The summed E-state index contributed by atoms with van der Waals surface area (Å²) in [6.07, 6.45) is -5.55. The van der Waals surface area contributed by atoms with Gasteiger partial charge in [0, 0.05) is 17.0 Å². The molecule has 1 saturated heterocycles. The van der Waals surface area contributed by atoms with Crippen LogP contribution >= 0.6 is 11.6 Å². The van der Waals surface area contributed by atoms with Gasteiger partial charge < -0.3 is 14.5 Å². The van der Waals surface area contributed by atoms with Gasteiger partial charge in [-0.15, -0.1) is 0 Å². The predicted octanol–water partition coefficient (Wildman–Crippen LogP) is 2.32. The summed E-state index contributed by atoms with van der Waals surface area (Å²) in [4.78, 5) is 18.2. The Morgan fingerprint density at radius 2 is 1.86 bits per heavy atom. The van der Waals surface area contributed by atoms with Crippen molar-refractivity contribution in [2.24, 2.45) is 0 Å². The van der Waals surface area contributed by atoms with Gasteiger partial charge in [-0.2, -0.15) is 13.2 Å². The third kappa shape index (κ3) is 6.82. The van der Waals surface area contributed by atoms with Crippen LogP contribution in [-0.2, 0) is 37.4 Å². The normalized spacial score (nSPS) is 17.5. The summed E-state index contributed by atoms with van der Waals surface area (Å²) in [7, 11) is -8.81. The minimum Gasteiger partial charge on any atom is -0.545 e. The zero-order valence-electron chi connectivity index (χ0n) is 21.5. The van der Waals surface area contributed by atoms with Crippen molar-refractivity contribution in [3.8, 4) is 0 Å². The molecular formula is C25H18ClF4N4NaO5S2. The van der Waals surface area contributed by atoms with Gasteiger partial charge in [-0.3, -0.25) is 0 Å². The van der Waals surface area contributed by atoms with Crippen LogP contribution in [0.15, 0.2) is 65.6 Å². The quantitative estimate of drug-likeness (QED) is 0.232. The Hall–Kier alpha value is -2.53. The van der Waals surface area contributed by atoms with Gasteiger partial charge in [0.05, 0.1) is 38.7 Å². The van der Waals surface area contributed by atoms with Crippen LogP contribution in [0.4, 0.5) is 17.6 Å². The zero-order valence-corrected chi connectivity index (χ0v) is 25.9. The molecule has 0 aliphatic carbocycles. The molecule has 2 atom stereocenters. The van der Waals surface area contributed by atoms with E-state index in [2.05, 4.69) is 19.4 Å². The molecule has 3 aromatic carbocycles. The first-order chi connectivity index (χ1) is 19.1. The summed E-state index contributed by atoms with van der Waals surface area (Å²) in [5.74, 6) is -1.80. The Bertz CT molecular complexity index is 1900. The van der Waals surface area contributed by atoms with Crippen molar-refractivity contribution in [1.82, 2.24) is 14.7 Å². The van der Waals surface area contributed by atoms with Crippen molar-refractivity contribution < 1.29 is 68.7 Å². The van der Waals surface area contributed by atoms with Crippen LogP contribution in [0.5, 0.6) is 0 Å². The van der Waals surface area contributed by atoms with E-state index in [-0.39, 0.29) is 52.9 Å². The fourth-order valence-electron chi connectivity index (χ4n) is 4.43. The van der Waals surface area contributed by atoms with E-state index in [4.69, 9.17) is 11.6 Å². The SMILES string of the molecule is O=C1CC(c2ccc(C[C@H](NS(=O)(=O)c3cccc(C(F)(F)F)c3)c3nc4ccc(Cl)cc4[nH]3)cc2F)S(=O)(=O)[N-]1.[Na+]. The summed E-state index contributed by atoms with van der Waals surface area (Å²) in [6, 6.07) is 10.1. The minimum absolute atomic E-state index is 0. The zero-order chi connectivity index (χ0) is 29.7. The number of carbonyl (C=O) groups is 1. The van der Waals surface area contributed by atoms with Crippen molar-refractivity contribution in [3.05, 3.63) is 98.7 Å².